The molecular formula is C19H34N2NaO6S+. The molecule has 0 amide bonds. The van der Waals surface area contributed by atoms with E-state index in [0.717, 1.165) is 12.8 Å². The van der Waals surface area contributed by atoms with E-state index in [2.05, 4.69) is 13.0 Å². The Morgan fingerprint density at radius 3 is 2.59 bits per heavy atom. The number of aliphatic hydroxyl groups is 2. The number of allylic oxidation sites excluding steroid dienone is 2. The minimum Gasteiger partial charge on any atom is -0.748 e. The number of aliphatic hydroxyl groups excluding tert-OH is 2. The van der Waals surface area contributed by atoms with E-state index >= 15 is 0 Å². The molecule has 0 fully saturated rings. The number of amidine groups is 1. The predicted molar refractivity (Wildman–Crippen MR) is 106 cm³/mol. The van der Waals surface area contributed by atoms with Crippen LogP contribution in [0.3, 0.4) is 0 Å². The van der Waals surface area contributed by atoms with E-state index in [-0.39, 0.29) is 48.5 Å². The van der Waals surface area contributed by atoms with E-state index in [1.165, 1.54) is 19.3 Å². The standard InChI is InChI=1S/C19H34N2O6S.Na/c1-2-3-4-5-6-7-8-9-10-18(24)19-20(13-14-22)11-12-21(19)15-17(23)16-28(25,26)27;/h7-8,17,22-23H,2-6,9-16H2,1H3;/q;+1/b8-7+;. The van der Waals surface area contributed by atoms with Crippen molar-refractivity contribution in [3.05, 3.63) is 12.2 Å². The molecule has 1 rings (SSSR count). The van der Waals surface area contributed by atoms with E-state index in [1.54, 1.807) is 9.48 Å². The molecule has 0 saturated carbocycles. The minimum atomic E-state index is -4.54. The summed E-state index contributed by atoms with van der Waals surface area (Å²) in [5, 5.41) is 19.1. The van der Waals surface area contributed by atoms with Gasteiger partial charge in [0.15, 0.2) is 0 Å². The number of rotatable bonds is 15. The first-order valence-electron chi connectivity index (χ1n) is 10.1. The van der Waals surface area contributed by atoms with Crippen LogP contribution in [0.2, 0.25) is 0 Å². The molecule has 1 unspecified atom stereocenters. The number of carbonyl (C=O) groups excluding carboxylic acids is 1. The summed E-state index contributed by atoms with van der Waals surface area (Å²) >= 11 is 0. The molecule has 29 heavy (non-hydrogen) atoms. The maximum Gasteiger partial charge on any atom is 1.00 e. The van der Waals surface area contributed by atoms with Gasteiger partial charge in [-0.15, -0.1) is 0 Å². The summed E-state index contributed by atoms with van der Waals surface area (Å²) in [6.45, 7) is 3.19. The zero-order valence-electron chi connectivity index (χ0n) is 17.8. The number of hydrogen-bond donors (Lipinski definition) is 2. The Balaban J connectivity index is 0.00000784. The monoisotopic (exact) mass is 441 g/mol. The zero-order chi connectivity index (χ0) is 21.0. The van der Waals surface area contributed by atoms with E-state index in [1.807, 2.05) is 6.08 Å². The molecule has 0 aromatic carbocycles. The molecule has 0 radical (unpaired) electrons. The topological polar surface area (TPSA) is 121 Å². The van der Waals surface area contributed by atoms with Crippen LogP contribution < -0.4 is 29.6 Å². The molecule has 0 saturated heterocycles. The molecule has 0 spiro atoms. The largest absolute Gasteiger partial charge is 1.00 e. The molecule has 10 heteroatoms. The number of ketones is 1. The Kier molecular flexibility index (Phi) is 15.3. The molecule has 0 aromatic heterocycles. The Morgan fingerprint density at radius 2 is 1.97 bits per heavy atom. The average Bonchev–Trinajstić information content (AvgIpc) is 2.98. The smallest absolute Gasteiger partial charge is 0.748 e. The molecule has 1 atom stereocenters. The third kappa shape index (κ3) is 12.2. The number of nitrogens with zero attached hydrogens (tertiary/aromatic N) is 2. The average molecular weight is 442 g/mol. The van der Waals surface area contributed by atoms with Crippen molar-refractivity contribution in [2.75, 3.05) is 38.5 Å². The van der Waals surface area contributed by atoms with Gasteiger partial charge < -0.3 is 14.8 Å². The van der Waals surface area contributed by atoms with Gasteiger partial charge >= 0.3 is 35.4 Å². The van der Waals surface area contributed by atoms with Crippen molar-refractivity contribution in [1.29, 1.82) is 0 Å². The van der Waals surface area contributed by atoms with E-state index in [9.17, 15) is 28.0 Å². The van der Waals surface area contributed by atoms with Gasteiger partial charge in [0.2, 0.25) is 5.78 Å². The molecule has 0 aromatic rings. The minimum absolute atomic E-state index is 0. The molecule has 1 aliphatic rings. The second kappa shape index (κ2) is 15.5. The van der Waals surface area contributed by atoms with Crippen LogP contribution in [0.1, 0.15) is 51.9 Å². The van der Waals surface area contributed by atoms with E-state index in [0.29, 0.717) is 38.3 Å². The van der Waals surface area contributed by atoms with Gasteiger partial charge in [-0.3, -0.25) is 14.3 Å². The van der Waals surface area contributed by atoms with Gasteiger partial charge in [-0.05, 0) is 19.3 Å². The predicted octanol–water partition coefficient (Wildman–Crippen LogP) is -2.51. The molecule has 1 heterocycles. The van der Waals surface area contributed by atoms with Gasteiger partial charge in [0.05, 0.1) is 22.5 Å². The third-order valence-corrected chi connectivity index (χ3v) is 5.41. The van der Waals surface area contributed by atoms with Crippen LogP contribution in [-0.2, 0) is 14.9 Å². The molecule has 162 valence electrons. The first-order chi connectivity index (χ1) is 13.3. The van der Waals surface area contributed by atoms with Crippen LogP contribution in [-0.4, -0.2) is 88.9 Å². The molecule has 8 nitrogen and oxygen atoms in total. The first-order valence-corrected chi connectivity index (χ1v) is 11.6. The maximum atomic E-state index is 12.7. The fraction of sp³-hybridized carbons (Fsp3) is 0.789. The van der Waals surface area contributed by atoms with Crippen LogP contribution in [0, 0.1) is 0 Å². The summed E-state index contributed by atoms with van der Waals surface area (Å²) in [6, 6.07) is 0. The summed E-state index contributed by atoms with van der Waals surface area (Å²) in [5.74, 6) is -0.613. The van der Waals surface area contributed by atoms with Gasteiger partial charge in [-0.25, -0.2) is 8.42 Å². The third-order valence-electron chi connectivity index (χ3n) is 4.61. The van der Waals surface area contributed by atoms with Crippen LogP contribution in [0.5, 0.6) is 0 Å². The molecule has 2 N–H and O–H groups in total. The summed E-state index contributed by atoms with van der Waals surface area (Å²) < 4.78 is 34.1. The van der Waals surface area contributed by atoms with Crippen LogP contribution in [0.4, 0.5) is 0 Å². The van der Waals surface area contributed by atoms with Crippen molar-refractivity contribution in [3.63, 3.8) is 0 Å². The normalized spacial score (nSPS) is 15.8. The number of β-amino-alcohol motifs (C(OH)–C–C–N with tert-alkyl or cyclic N) is 2. The van der Waals surface area contributed by atoms with Gasteiger partial charge in [0.25, 0.3) is 0 Å². The number of carbonyl (C=O) groups is 1. The van der Waals surface area contributed by atoms with Crippen LogP contribution in [0.25, 0.3) is 0 Å². The number of unbranched alkanes of at least 4 members (excludes halogenated alkanes) is 4. The fourth-order valence-electron chi connectivity index (χ4n) is 3.32. The molecular weight excluding hydrogens is 407 g/mol. The van der Waals surface area contributed by atoms with Gasteiger partial charge in [-0.1, -0.05) is 38.3 Å². The second-order valence-electron chi connectivity index (χ2n) is 7.14. The first kappa shape index (κ1) is 28.7. The van der Waals surface area contributed by atoms with Crippen molar-refractivity contribution in [3.8, 4) is 0 Å². The van der Waals surface area contributed by atoms with Gasteiger partial charge in [-0.2, -0.15) is 0 Å². The summed E-state index contributed by atoms with van der Waals surface area (Å²) in [5.41, 5.74) is 0. The summed E-state index contributed by atoms with van der Waals surface area (Å²) in [6.07, 6.45) is 9.44. The van der Waals surface area contributed by atoms with Crippen molar-refractivity contribution < 1.29 is 62.1 Å². The Bertz CT molecular complexity index is 651. The number of hydrogen-bond acceptors (Lipinski definition) is 7. The zero-order valence-corrected chi connectivity index (χ0v) is 20.6. The Labute approximate surface area is 196 Å². The van der Waals surface area contributed by atoms with Crippen molar-refractivity contribution in [2.24, 2.45) is 0 Å². The van der Waals surface area contributed by atoms with Crippen LogP contribution >= 0.6 is 0 Å². The van der Waals surface area contributed by atoms with Crippen molar-refractivity contribution >= 4 is 21.7 Å². The summed E-state index contributed by atoms with van der Waals surface area (Å²) in [7, 11) is -4.54. The Hall–Kier alpha value is -0.290. The fourth-order valence-corrected chi connectivity index (χ4v) is 3.89. The second-order valence-corrected chi connectivity index (χ2v) is 8.59. The molecule has 1 aliphatic heterocycles. The molecule has 0 bridgehead atoms. The quantitative estimate of drug-likeness (QED) is 0.0947. The van der Waals surface area contributed by atoms with E-state index in [4.69, 9.17) is 0 Å². The van der Waals surface area contributed by atoms with Crippen molar-refractivity contribution in [1.82, 2.24) is 4.90 Å². The van der Waals surface area contributed by atoms with Crippen molar-refractivity contribution in [2.45, 2.75) is 58.0 Å². The van der Waals surface area contributed by atoms with Gasteiger partial charge in [0, 0.05) is 6.42 Å². The molecule has 0 aliphatic carbocycles. The maximum absolute atomic E-state index is 12.7. The summed E-state index contributed by atoms with van der Waals surface area (Å²) in [4.78, 5) is 14.4. The van der Waals surface area contributed by atoms with E-state index < -0.39 is 22.0 Å². The number of Topliss-reactive ketones (excluding diaryl/α,β-unsaturated/α-hetero) is 1. The Morgan fingerprint density at radius 1 is 1.28 bits per heavy atom. The SMILES string of the molecule is CCCCCC/C=C/CCC(=O)C1=[N+](CC(O)CS(=O)(=O)[O-])CCN1CCO.[Na+]. The van der Waals surface area contributed by atoms with Gasteiger partial charge in [0.1, 0.15) is 32.3 Å². The van der Waals surface area contributed by atoms with Crippen LogP contribution in [0.15, 0.2) is 12.2 Å².